The van der Waals surface area contributed by atoms with E-state index in [0.717, 1.165) is 25.7 Å². The van der Waals surface area contributed by atoms with E-state index in [1.807, 2.05) is 0 Å². The fourth-order valence-electron chi connectivity index (χ4n) is 2.04. The molecule has 7 heteroatoms. The summed E-state index contributed by atoms with van der Waals surface area (Å²) < 4.78 is 20.3. The normalized spacial score (nSPS) is 11.1. The van der Waals surface area contributed by atoms with E-state index in [9.17, 15) is 18.9 Å². The average molecular weight is 411 g/mol. The molecule has 0 aromatic carbocycles. The van der Waals surface area contributed by atoms with Gasteiger partial charge in [0.15, 0.2) is 0 Å². The summed E-state index contributed by atoms with van der Waals surface area (Å²) >= 11 is 0. The molecule has 0 rings (SSSR count). The van der Waals surface area contributed by atoms with Crippen LogP contribution in [0.15, 0.2) is 0 Å². The Kier molecular flexibility index (Phi) is 30.7. The topological polar surface area (TPSA) is 80.3 Å². The zero-order valence-electron chi connectivity index (χ0n) is 14.7. The molecule has 140 valence electrons. The Bertz CT molecular complexity index is 240. The first-order valence-corrected chi connectivity index (χ1v) is 11.5. The van der Waals surface area contributed by atoms with Crippen molar-refractivity contribution >= 4 is 16.1 Å². The van der Waals surface area contributed by atoms with E-state index in [-0.39, 0.29) is 16.5 Å². The van der Waals surface area contributed by atoms with E-state index in [4.69, 9.17) is 0 Å². The Morgan fingerprint density at radius 1 is 0.565 bits per heavy atom. The summed E-state index contributed by atoms with van der Waals surface area (Å²) in [5.41, 5.74) is 0. The summed E-state index contributed by atoms with van der Waals surface area (Å²) in [6.45, 7) is 4.35. The first kappa shape index (κ1) is 28.4. The smallest absolute Gasteiger partial charge is 0.596 e. The zero-order chi connectivity index (χ0) is 17.1. The average Bonchev–Trinajstić information content (AvgIpc) is 2.46. The summed E-state index contributed by atoms with van der Waals surface area (Å²) in [6.07, 6.45) is 14.5. The Hall–Kier alpha value is 0.614. The van der Waals surface area contributed by atoms with Crippen LogP contribution in [-0.2, 0) is 25.6 Å². The van der Waals surface area contributed by atoms with Gasteiger partial charge < -0.3 is 9.79 Å². The van der Waals surface area contributed by atoms with Gasteiger partial charge in [-0.25, -0.2) is 0 Å². The van der Waals surface area contributed by atoms with E-state index in [2.05, 4.69) is 13.8 Å². The SMILES string of the molecule is CCCCCCCC[P+](=O)[O-].CCCCCCCC[P+](=O)[O-].[Ni+2]. The maximum absolute atomic E-state index is 10.1. The standard InChI is InChI=1S/2C8H17O2P.Ni/c2*1-2-3-4-5-6-7-8-11(9)10;/h2*2-8H2,1H3;/q;;+2. The molecule has 0 saturated carbocycles. The van der Waals surface area contributed by atoms with Gasteiger partial charge in [0, 0.05) is 0 Å². The minimum absolute atomic E-state index is 0. The third-order valence-corrected chi connectivity index (χ3v) is 4.75. The summed E-state index contributed by atoms with van der Waals surface area (Å²) in [5.74, 6) is 0. The fourth-order valence-corrected chi connectivity index (χ4v) is 3.01. The van der Waals surface area contributed by atoms with Gasteiger partial charge in [0.2, 0.25) is 0 Å². The number of unbranched alkanes of at least 4 members (excludes halogenated alkanes) is 10. The molecule has 0 amide bonds. The molecule has 0 aliphatic heterocycles. The van der Waals surface area contributed by atoms with Crippen molar-refractivity contribution < 1.29 is 35.4 Å². The molecule has 0 radical (unpaired) electrons. The van der Waals surface area contributed by atoms with Gasteiger partial charge in [-0.15, -0.1) is 0 Å². The van der Waals surface area contributed by atoms with Crippen LogP contribution in [0.25, 0.3) is 0 Å². The van der Waals surface area contributed by atoms with Gasteiger partial charge in [0.25, 0.3) is 0 Å². The Morgan fingerprint density at radius 3 is 1.09 bits per heavy atom. The van der Waals surface area contributed by atoms with E-state index < -0.39 is 16.1 Å². The Morgan fingerprint density at radius 2 is 0.826 bits per heavy atom. The second-order valence-electron chi connectivity index (χ2n) is 5.65. The molecule has 0 bridgehead atoms. The maximum Gasteiger partial charge on any atom is 2.00 e. The van der Waals surface area contributed by atoms with Gasteiger partial charge >= 0.3 is 32.5 Å². The number of hydrogen-bond donors (Lipinski definition) is 0. The molecule has 0 N–H and O–H groups in total. The fraction of sp³-hybridized carbons (Fsp3) is 1.00. The summed E-state index contributed by atoms with van der Waals surface area (Å²) in [4.78, 5) is 20.3. The van der Waals surface area contributed by atoms with Crippen molar-refractivity contribution in [1.82, 2.24) is 0 Å². The van der Waals surface area contributed by atoms with Crippen molar-refractivity contribution in [1.29, 1.82) is 0 Å². The van der Waals surface area contributed by atoms with Gasteiger partial charge in [0.05, 0.1) is 0 Å². The molecule has 23 heavy (non-hydrogen) atoms. The van der Waals surface area contributed by atoms with Crippen molar-refractivity contribution in [3.63, 3.8) is 0 Å². The second-order valence-corrected chi connectivity index (χ2v) is 7.87. The summed E-state index contributed by atoms with van der Waals surface area (Å²) in [7, 11) is -4.25. The van der Waals surface area contributed by atoms with Crippen LogP contribution in [0.2, 0.25) is 0 Å². The molecule has 4 nitrogen and oxygen atoms in total. The molecule has 2 atom stereocenters. The predicted octanol–water partition coefficient (Wildman–Crippen LogP) is 4.90. The van der Waals surface area contributed by atoms with Gasteiger partial charge in [-0.3, -0.25) is 0 Å². The van der Waals surface area contributed by atoms with E-state index in [1.165, 1.54) is 51.4 Å². The third kappa shape index (κ3) is 34.8. The van der Waals surface area contributed by atoms with Crippen LogP contribution in [0.1, 0.15) is 90.9 Å². The molecule has 2 unspecified atom stereocenters. The second kappa shape index (κ2) is 24.9. The molecule has 0 heterocycles. The van der Waals surface area contributed by atoms with Crippen LogP contribution in [0.3, 0.4) is 0 Å². The van der Waals surface area contributed by atoms with Crippen LogP contribution in [0.4, 0.5) is 0 Å². The van der Waals surface area contributed by atoms with Crippen LogP contribution < -0.4 is 9.79 Å². The van der Waals surface area contributed by atoms with Crippen LogP contribution >= 0.6 is 16.1 Å². The predicted molar refractivity (Wildman–Crippen MR) is 91.7 cm³/mol. The van der Waals surface area contributed by atoms with Gasteiger partial charge in [-0.05, 0) is 25.7 Å². The van der Waals surface area contributed by atoms with Gasteiger partial charge in [0.1, 0.15) is 12.3 Å². The number of hydrogen-bond acceptors (Lipinski definition) is 4. The van der Waals surface area contributed by atoms with Crippen LogP contribution in [0, 0.1) is 0 Å². The molecule has 0 aromatic heterocycles. The summed E-state index contributed by atoms with van der Waals surface area (Å²) in [6, 6.07) is 0. The van der Waals surface area contributed by atoms with E-state index >= 15 is 0 Å². The first-order chi connectivity index (χ1) is 10.5. The molecule has 0 aliphatic rings. The Labute approximate surface area is 154 Å². The third-order valence-electron chi connectivity index (χ3n) is 3.39. The molecular weight excluding hydrogens is 377 g/mol. The molecule has 0 saturated heterocycles. The van der Waals surface area contributed by atoms with Crippen molar-refractivity contribution in [2.75, 3.05) is 12.3 Å². The van der Waals surface area contributed by atoms with Crippen LogP contribution in [-0.4, -0.2) is 12.3 Å². The van der Waals surface area contributed by atoms with Crippen molar-refractivity contribution in [2.45, 2.75) is 90.9 Å². The molecule has 0 aliphatic carbocycles. The molecule has 0 spiro atoms. The van der Waals surface area contributed by atoms with E-state index in [0.29, 0.717) is 12.3 Å². The van der Waals surface area contributed by atoms with Crippen LogP contribution in [0.5, 0.6) is 0 Å². The van der Waals surface area contributed by atoms with Crippen molar-refractivity contribution in [3.8, 4) is 0 Å². The minimum Gasteiger partial charge on any atom is -0.596 e. The first-order valence-electron chi connectivity index (χ1n) is 8.78. The molecule has 0 aromatic rings. The molecular formula is C16H34NiO4P2+2. The summed E-state index contributed by atoms with van der Waals surface area (Å²) in [5, 5.41) is 0. The van der Waals surface area contributed by atoms with E-state index in [1.54, 1.807) is 0 Å². The van der Waals surface area contributed by atoms with Crippen molar-refractivity contribution in [3.05, 3.63) is 0 Å². The largest absolute Gasteiger partial charge is 2.00 e. The molecule has 0 fully saturated rings. The van der Waals surface area contributed by atoms with Gasteiger partial charge in [-0.1, -0.05) is 74.3 Å². The zero-order valence-corrected chi connectivity index (χ0v) is 17.5. The minimum atomic E-state index is -2.12. The van der Waals surface area contributed by atoms with Gasteiger partial charge in [-0.2, -0.15) is 0 Å². The number of rotatable bonds is 14. The quantitative estimate of drug-likeness (QED) is 0.232. The monoisotopic (exact) mass is 410 g/mol. The maximum atomic E-state index is 10.1. The Balaban J connectivity index is -0.000000333. The van der Waals surface area contributed by atoms with Crippen molar-refractivity contribution in [2.24, 2.45) is 0 Å².